The Kier molecular flexibility index (Phi) is 13.5. The van der Waals surface area contributed by atoms with Gasteiger partial charge in [0, 0.05) is 60.6 Å². The van der Waals surface area contributed by atoms with E-state index >= 15 is 0 Å². The van der Waals surface area contributed by atoms with E-state index in [1.165, 1.54) is 0 Å². The number of rotatable bonds is 15. The number of thioether (sulfide) groups is 2. The molecule has 12 heteroatoms. The van der Waals surface area contributed by atoms with Crippen molar-refractivity contribution in [3.63, 3.8) is 0 Å². The SMILES string of the molecule is Cc1[nH]cnc1CSCCNC(=S)NCCCCNC(=S)NCCSCc1nc[nH]c1C. The molecule has 0 amide bonds. The van der Waals surface area contributed by atoms with E-state index in [2.05, 4.69) is 41.2 Å². The van der Waals surface area contributed by atoms with Gasteiger partial charge in [0.05, 0.1) is 24.0 Å². The molecule has 0 bridgehead atoms. The molecule has 0 fully saturated rings. The zero-order valence-electron chi connectivity index (χ0n) is 18.8. The second-order valence-electron chi connectivity index (χ2n) is 7.13. The predicted octanol–water partition coefficient (Wildman–Crippen LogP) is 2.62. The van der Waals surface area contributed by atoms with Crippen LogP contribution in [0.3, 0.4) is 0 Å². The van der Waals surface area contributed by atoms with Crippen LogP contribution < -0.4 is 21.3 Å². The van der Waals surface area contributed by atoms with Gasteiger partial charge in [-0.15, -0.1) is 0 Å². The molecule has 32 heavy (non-hydrogen) atoms. The number of unbranched alkanes of at least 4 members (excludes halogenated alkanes) is 1. The zero-order valence-corrected chi connectivity index (χ0v) is 22.0. The van der Waals surface area contributed by atoms with Crippen LogP contribution in [0.15, 0.2) is 12.7 Å². The van der Waals surface area contributed by atoms with Gasteiger partial charge >= 0.3 is 0 Å². The van der Waals surface area contributed by atoms with Crippen LogP contribution in [0, 0.1) is 13.8 Å². The number of H-pyrrole nitrogens is 2. The van der Waals surface area contributed by atoms with Crippen LogP contribution in [0.25, 0.3) is 0 Å². The highest BCUT2D eigenvalue weighted by molar-refractivity contribution is 7.98. The summed E-state index contributed by atoms with van der Waals surface area (Å²) in [6.07, 6.45) is 5.55. The summed E-state index contributed by atoms with van der Waals surface area (Å²) in [7, 11) is 0. The Hall–Kier alpha value is -1.50. The maximum absolute atomic E-state index is 5.32. The van der Waals surface area contributed by atoms with Crippen molar-refractivity contribution >= 4 is 58.2 Å². The molecule has 2 aromatic heterocycles. The molecule has 2 aromatic rings. The minimum absolute atomic E-state index is 0.717. The van der Waals surface area contributed by atoms with Crippen LogP contribution in [-0.2, 0) is 11.5 Å². The van der Waals surface area contributed by atoms with Gasteiger partial charge in [0.25, 0.3) is 0 Å². The largest absolute Gasteiger partial charge is 0.363 e. The molecule has 0 saturated heterocycles. The number of nitrogens with one attached hydrogen (secondary N) is 6. The van der Waals surface area contributed by atoms with Crippen LogP contribution >= 0.6 is 48.0 Å². The smallest absolute Gasteiger partial charge is 0.166 e. The van der Waals surface area contributed by atoms with Gasteiger partial charge in [-0.1, -0.05) is 0 Å². The minimum atomic E-state index is 0.717. The lowest BCUT2D eigenvalue weighted by atomic mass is 10.3. The maximum Gasteiger partial charge on any atom is 0.166 e. The average molecular weight is 515 g/mol. The highest BCUT2D eigenvalue weighted by Crippen LogP contribution is 2.12. The summed E-state index contributed by atoms with van der Waals surface area (Å²) in [6.45, 7) is 7.51. The standard InChI is InChI=1S/C20H34N8S4/c1-15-17(27-13-25-15)11-31-9-7-23-19(29)21-5-3-4-6-22-20(30)24-8-10-32-12-18-16(2)26-14-28-18/h13-14H,3-12H2,1-2H3,(H,25,27)(H,26,28)(H2,21,23,29)(H2,22,24,30). The molecule has 8 nitrogen and oxygen atoms in total. The number of nitrogens with zero attached hydrogens (tertiary/aromatic N) is 2. The topological polar surface area (TPSA) is 105 Å². The summed E-state index contributed by atoms with van der Waals surface area (Å²) in [5, 5.41) is 14.4. The fraction of sp³-hybridized carbons (Fsp3) is 0.600. The summed E-state index contributed by atoms with van der Waals surface area (Å²) in [5.41, 5.74) is 4.53. The summed E-state index contributed by atoms with van der Waals surface area (Å²) in [4.78, 5) is 14.8. The third-order valence-electron chi connectivity index (χ3n) is 4.58. The van der Waals surface area contributed by atoms with Crippen LogP contribution in [0.2, 0.25) is 0 Å². The third kappa shape index (κ3) is 11.4. The number of hydrogen-bond acceptors (Lipinski definition) is 6. The molecule has 6 N–H and O–H groups in total. The first-order valence-electron chi connectivity index (χ1n) is 10.7. The van der Waals surface area contributed by atoms with E-state index in [1.807, 2.05) is 37.4 Å². The molecule has 0 atom stereocenters. The molecule has 0 unspecified atom stereocenters. The van der Waals surface area contributed by atoms with Crippen LogP contribution in [0.1, 0.15) is 35.6 Å². The monoisotopic (exact) mass is 514 g/mol. The van der Waals surface area contributed by atoms with Crippen LogP contribution in [0.4, 0.5) is 0 Å². The van der Waals surface area contributed by atoms with Gasteiger partial charge < -0.3 is 31.2 Å². The van der Waals surface area contributed by atoms with Gasteiger partial charge in [-0.3, -0.25) is 0 Å². The Morgan fingerprint density at radius 3 is 1.53 bits per heavy atom. The summed E-state index contributed by atoms with van der Waals surface area (Å²) >= 11 is 14.3. The average Bonchev–Trinajstić information content (AvgIpc) is 3.37. The number of aromatic amines is 2. The van der Waals surface area contributed by atoms with Crippen molar-refractivity contribution in [1.82, 2.24) is 41.2 Å². The lowest BCUT2D eigenvalue weighted by Gasteiger charge is -2.12. The molecule has 0 saturated carbocycles. The number of aryl methyl sites for hydroxylation is 2. The van der Waals surface area contributed by atoms with Crippen molar-refractivity contribution < 1.29 is 0 Å². The normalized spacial score (nSPS) is 10.7. The summed E-state index contributed by atoms with van der Waals surface area (Å²) < 4.78 is 0. The van der Waals surface area contributed by atoms with Crippen molar-refractivity contribution in [2.45, 2.75) is 38.2 Å². The Labute approximate surface area is 210 Å². The van der Waals surface area contributed by atoms with Crippen molar-refractivity contribution in [2.24, 2.45) is 0 Å². The first-order valence-corrected chi connectivity index (χ1v) is 13.9. The number of hydrogen-bond donors (Lipinski definition) is 6. The highest BCUT2D eigenvalue weighted by Gasteiger charge is 2.02. The third-order valence-corrected chi connectivity index (χ3v) is 7.10. The van der Waals surface area contributed by atoms with Gasteiger partial charge in [-0.05, 0) is 51.1 Å². The molecular weight excluding hydrogens is 481 g/mol. The number of aromatic nitrogens is 4. The van der Waals surface area contributed by atoms with Gasteiger partial charge in [-0.2, -0.15) is 23.5 Å². The molecule has 0 aromatic carbocycles. The van der Waals surface area contributed by atoms with E-state index in [0.29, 0.717) is 10.2 Å². The summed E-state index contributed by atoms with van der Waals surface area (Å²) in [6, 6.07) is 0. The Morgan fingerprint density at radius 1 is 0.750 bits per heavy atom. The Balaban J connectivity index is 1.34. The van der Waals surface area contributed by atoms with Gasteiger partial charge in [-0.25, -0.2) is 9.97 Å². The Bertz CT molecular complexity index is 741. The molecular formula is C20H34N8S4. The number of thiocarbonyl (C=S) groups is 2. The zero-order chi connectivity index (χ0) is 23.0. The van der Waals surface area contributed by atoms with Gasteiger partial charge in [0.1, 0.15) is 0 Å². The van der Waals surface area contributed by atoms with Crippen molar-refractivity contribution in [2.75, 3.05) is 37.7 Å². The second kappa shape index (κ2) is 16.2. The fourth-order valence-corrected chi connectivity index (χ4v) is 4.81. The molecule has 178 valence electrons. The molecule has 0 aliphatic rings. The lowest BCUT2D eigenvalue weighted by molar-refractivity contribution is 0.681. The molecule has 0 spiro atoms. The number of imidazole rings is 2. The molecule has 0 aliphatic heterocycles. The predicted molar refractivity (Wildman–Crippen MR) is 145 cm³/mol. The van der Waals surface area contributed by atoms with E-state index in [0.717, 1.165) is 84.8 Å². The molecule has 2 heterocycles. The molecule has 0 radical (unpaired) electrons. The quantitative estimate of drug-likeness (QED) is 0.157. The van der Waals surface area contributed by atoms with E-state index < -0.39 is 0 Å². The van der Waals surface area contributed by atoms with E-state index in [9.17, 15) is 0 Å². The van der Waals surface area contributed by atoms with Crippen molar-refractivity contribution in [3.05, 3.63) is 35.4 Å². The molecule has 2 rings (SSSR count). The first-order chi connectivity index (χ1) is 15.6. The van der Waals surface area contributed by atoms with Crippen molar-refractivity contribution in [1.29, 1.82) is 0 Å². The second-order valence-corrected chi connectivity index (χ2v) is 10.2. The first kappa shape index (κ1) is 26.7. The minimum Gasteiger partial charge on any atom is -0.363 e. The van der Waals surface area contributed by atoms with Crippen LogP contribution in [-0.4, -0.2) is 67.8 Å². The summed E-state index contributed by atoms with van der Waals surface area (Å²) in [5.74, 6) is 3.82. The van der Waals surface area contributed by atoms with E-state index in [1.54, 1.807) is 12.7 Å². The maximum atomic E-state index is 5.32. The fourth-order valence-electron chi connectivity index (χ4n) is 2.66. The van der Waals surface area contributed by atoms with Crippen molar-refractivity contribution in [3.8, 4) is 0 Å². The lowest BCUT2D eigenvalue weighted by Crippen LogP contribution is -2.38. The van der Waals surface area contributed by atoms with Crippen LogP contribution in [0.5, 0.6) is 0 Å². The molecule has 0 aliphatic carbocycles. The Morgan fingerprint density at radius 2 is 1.16 bits per heavy atom. The van der Waals surface area contributed by atoms with Gasteiger partial charge in [0.2, 0.25) is 0 Å². The van der Waals surface area contributed by atoms with E-state index in [-0.39, 0.29) is 0 Å². The highest BCUT2D eigenvalue weighted by atomic mass is 32.2. The van der Waals surface area contributed by atoms with E-state index in [4.69, 9.17) is 24.4 Å². The van der Waals surface area contributed by atoms with Gasteiger partial charge in [0.15, 0.2) is 10.2 Å².